The van der Waals surface area contributed by atoms with E-state index in [4.69, 9.17) is 0 Å². The molecule has 102 valence electrons. The lowest BCUT2D eigenvalue weighted by atomic mass is 9.98. The second-order valence-electron chi connectivity index (χ2n) is 5.98. The Balaban J connectivity index is 2.09. The fourth-order valence-electron chi connectivity index (χ4n) is 2.58. The van der Waals surface area contributed by atoms with E-state index < -0.39 is 0 Å². The maximum atomic E-state index is 4.68. The van der Waals surface area contributed by atoms with Gasteiger partial charge in [-0.05, 0) is 34.1 Å². The first-order chi connectivity index (χ1) is 8.41. The van der Waals surface area contributed by atoms with Gasteiger partial charge < -0.3 is 5.32 Å². The molecule has 18 heavy (non-hydrogen) atoms. The predicted molar refractivity (Wildman–Crippen MR) is 78.2 cm³/mol. The highest BCUT2D eigenvalue weighted by Crippen LogP contribution is 2.23. The molecule has 0 bridgehead atoms. The minimum absolute atomic E-state index is 0.215. The van der Waals surface area contributed by atoms with Crippen LogP contribution in [0.4, 0.5) is 0 Å². The third kappa shape index (κ3) is 3.11. The van der Waals surface area contributed by atoms with Crippen molar-refractivity contribution in [1.82, 2.24) is 15.2 Å². The van der Waals surface area contributed by atoms with Gasteiger partial charge >= 0.3 is 0 Å². The average molecular weight is 267 g/mol. The number of nitrogens with one attached hydrogen (secondary N) is 1. The van der Waals surface area contributed by atoms with Gasteiger partial charge in [0, 0.05) is 29.5 Å². The molecule has 1 aliphatic rings. The summed E-state index contributed by atoms with van der Waals surface area (Å²) in [5.41, 5.74) is 1.41. The molecule has 1 aromatic rings. The molecule has 1 saturated heterocycles. The van der Waals surface area contributed by atoms with Gasteiger partial charge in [0.15, 0.2) is 0 Å². The number of hydrogen-bond acceptors (Lipinski definition) is 4. The van der Waals surface area contributed by atoms with E-state index in [0.717, 1.165) is 19.6 Å². The molecule has 1 aromatic heterocycles. The van der Waals surface area contributed by atoms with E-state index in [2.05, 4.69) is 49.8 Å². The van der Waals surface area contributed by atoms with E-state index >= 15 is 0 Å². The van der Waals surface area contributed by atoms with Crippen molar-refractivity contribution < 1.29 is 0 Å². The molecule has 2 rings (SSSR count). The van der Waals surface area contributed by atoms with Crippen LogP contribution in [0.2, 0.25) is 0 Å². The molecule has 1 unspecified atom stereocenters. The van der Waals surface area contributed by atoms with E-state index in [9.17, 15) is 0 Å². The number of nitrogens with zero attached hydrogens (tertiary/aromatic N) is 2. The second-order valence-corrected chi connectivity index (χ2v) is 7.27. The number of rotatable bonds is 3. The summed E-state index contributed by atoms with van der Waals surface area (Å²) in [4.78, 5) is 8.62. The summed E-state index contributed by atoms with van der Waals surface area (Å²) >= 11 is 1.85. The zero-order chi connectivity index (χ0) is 13.3. The summed E-state index contributed by atoms with van der Waals surface area (Å²) in [5, 5.41) is 4.90. The summed E-state index contributed by atoms with van der Waals surface area (Å²) in [6.07, 6.45) is 1.20. The minimum Gasteiger partial charge on any atom is -0.309 e. The normalized spacial score (nSPS) is 24.4. The average Bonchev–Trinajstić information content (AvgIpc) is 2.57. The molecule has 1 N–H and O–H groups in total. The van der Waals surface area contributed by atoms with Crippen molar-refractivity contribution in [1.29, 1.82) is 0 Å². The van der Waals surface area contributed by atoms with Crippen LogP contribution in [0.1, 0.15) is 42.8 Å². The molecule has 1 aliphatic heterocycles. The second kappa shape index (κ2) is 5.27. The Morgan fingerprint density at radius 3 is 2.72 bits per heavy atom. The topological polar surface area (TPSA) is 28.2 Å². The number of aromatic nitrogens is 1. The molecule has 0 radical (unpaired) electrons. The van der Waals surface area contributed by atoms with Crippen LogP contribution in [0.5, 0.6) is 0 Å². The number of hydrogen-bond donors (Lipinski definition) is 1. The van der Waals surface area contributed by atoms with Crippen LogP contribution in [-0.2, 0) is 6.54 Å². The van der Waals surface area contributed by atoms with E-state index in [-0.39, 0.29) is 5.54 Å². The maximum absolute atomic E-state index is 4.68. The highest BCUT2D eigenvalue weighted by Gasteiger charge is 2.31. The molecule has 1 atom stereocenters. The Hall–Kier alpha value is -0.450. The van der Waals surface area contributed by atoms with Gasteiger partial charge in [0.2, 0.25) is 0 Å². The standard InChI is InChI=1S/C14H25N3S/c1-6-12-7-15-14(4,5)9-17(12)8-13-16-10(2)11(3)18-13/h12,15H,6-9H2,1-5H3. The molecule has 0 amide bonds. The first-order valence-corrected chi connectivity index (χ1v) is 7.65. The van der Waals surface area contributed by atoms with Crippen molar-refractivity contribution in [3.8, 4) is 0 Å². The first kappa shape index (κ1) is 14.0. The molecule has 2 heterocycles. The van der Waals surface area contributed by atoms with Gasteiger partial charge in [-0.15, -0.1) is 11.3 Å². The monoisotopic (exact) mass is 267 g/mol. The van der Waals surface area contributed by atoms with Gasteiger partial charge in [-0.2, -0.15) is 0 Å². The summed E-state index contributed by atoms with van der Waals surface area (Å²) in [5.74, 6) is 0. The van der Waals surface area contributed by atoms with Crippen LogP contribution in [0.15, 0.2) is 0 Å². The molecule has 0 saturated carbocycles. The van der Waals surface area contributed by atoms with Crippen LogP contribution in [0.25, 0.3) is 0 Å². The Bertz CT molecular complexity index is 392. The summed E-state index contributed by atoms with van der Waals surface area (Å²) < 4.78 is 0. The molecule has 1 fully saturated rings. The molecule has 0 aliphatic carbocycles. The molecule has 3 nitrogen and oxygen atoms in total. The third-order valence-corrected chi connectivity index (χ3v) is 4.87. The van der Waals surface area contributed by atoms with Gasteiger partial charge in [-0.1, -0.05) is 6.92 Å². The third-order valence-electron chi connectivity index (χ3n) is 3.81. The van der Waals surface area contributed by atoms with Crippen LogP contribution in [0.3, 0.4) is 0 Å². The maximum Gasteiger partial charge on any atom is 0.107 e. The minimum atomic E-state index is 0.215. The fourth-order valence-corrected chi connectivity index (χ4v) is 3.54. The fraction of sp³-hybridized carbons (Fsp3) is 0.786. The highest BCUT2D eigenvalue weighted by atomic mass is 32.1. The smallest absolute Gasteiger partial charge is 0.107 e. The Kier molecular flexibility index (Phi) is 4.09. The van der Waals surface area contributed by atoms with Crippen LogP contribution < -0.4 is 5.32 Å². The van der Waals surface area contributed by atoms with Crippen LogP contribution >= 0.6 is 11.3 Å². The van der Waals surface area contributed by atoms with Gasteiger partial charge in [-0.3, -0.25) is 4.90 Å². The Labute approximate surface area is 115 Å². The highest BCUT2D eigenvalue weighted by molar-refractivity contribution is 7.11. The molecule has 0 aromatic carbocycles. The van der Waals surface area contributed by atoms with Crippen molar-refractivity contribution in [2.24, 2.45) is 0 Å². The zero-order valence-corrected chi connectivity index (χ0v) is 13.0. The Morgan fingerprint density at radius 2 is 2.17 bits per heavy atom. The van der Waals surface area contributed by atoms with E-state index in [1.54, 1.807) is 0 Å². The summed E-state index contributed by atoms with van der Waals surface area (Å²) in [6, 6.07) is 0.641. The SMILES string of the molecule is CCC1CNC(C)(C)CN1Cc1nc(C)c(C)s1. The Morgan fingerprint density at radius 1 is 1.44 bits per heavy atom. The van der Waals surface area contributed by atoms with Crippen molar-refractivity contribution in [2.75, 3.05) is 13.1 Å². The van der Waals surface area contributed by atoms with Crippen molar-refractivity contribution >= 4 is 11.3 Å². The summed E-state index contributed by atoms with van der Waals surface area (Å²) in [7, 11) is 0. The van der Waals surface area contributed by atoms with E-state index in [1.165, 1.54) is 22.0 Å². The molecular weight excluding hydrogens is 242 g/mol. The number of thiazole rings is 1. The first-order valence-electron chi connectivity index (χ1n) is 6.83. The number of piperazine rings is 1. The molecular formula is C14H25N3S. The van der Waals surface area contributed by atoms with Crippen LogP contribution in [0, 0.1) is 13.8 Å². The molecule has 0 spiro atoms. The van der Waals surface area contributed by atoms with Gasteiger partial charge in [0.1, 0.15) is 5.01 Å². The summed E-state index contributed by atoms with van der Waals surface area (Å²) in [6.45, 7) is 14.3. The lowest BCUT2D eigenvalue weighted by Crippen LogP contribution is -2.60. The van der Waals surface area contributed by atoms with Crippen molar-refractivity contribution in [3.63, 3.8) is 0 Å². The molecule has 4 heteroatoms. The van der Waals surface area contributed by atoms with E-state index in [1.807, 2.05) is 11.3 Å². The zero-order valence-electron chi connectivity index (χ0n) is 12.2. The van der Waals surface area contributed by atoms with Crippen molar-refractivity contribution in [3.05, 3.63) is 15.6 Å². The van der Waals surface area contributed by atoms with E-state index in [0.29, 0.717) is 6.04 Å². The quantitative estimate of drug-likeness (QED) is 0.912. The van der Waals surface area contributed by atoms with Gasteiger partial charge in [-0.25, -0.2) is 4.98 Å². The lowest BCUT2D eigenvalue weighted by Gasteiger charge is -2.44. The largest absolute Gasteiger partial charge is 0.309 e. The van der Waals surface area contributed by atoms with Crippen molar-refractivity contribution in [2.45, 2.75) is 59.2 Å². The van der Waals surface area contributed by atoms with Gasteiger partial charge in [0.25, 0.3) is 0 Å². The van der Waals surface area contributed by atoms with Crippen LogP contribution in [-0.4, -0.2) is 34.6 Å². The lowest BCUT2D eigenvalue weighted by molar-refractivity contribution is 0.0857. The van der Waals surface area contributed by atoms with Gasteiger partial charge in [0.05, 0.1) is 12.2 Å². The number of aryl methyl sites for hydroxylation is 2. The predicted octanol–water partition coefficient (Wildman–Crippen LogP) is 2.72.